The van der Waals surface area contributed by atoms with Crippen molar-refractivity contribution in [3.63, 3.8) is 0 Å². The Balaban J connectivity index is 2.24. The molecule has 3 aromatic rings. The third-order valence-corrected chi connectivity index (χ3v) is 3.16. The lowest BCUT2D eigenvalue weighted by Crippen LogP contribution is -2.09. The van der Waals surface area contributed by atoms with Crippen LogP contribution in [0.1, 0.15) is 5.56 Å². The fraction of sp³-hybridized carbons (Fsp3) is 0.0667. The van der Waals surface area contributed by atoms with Crippen molar-refractivity contribution < 1.29 is 0 Å². The molecular weight excluding hydrogens is 238 g/mol. The zero-order chi connectivity index (χ0) is 13.2. The van der Waals surface area contributed by atoms with Gasteiger partial charge in [-0.2, -0.15) is 5.10 Å². The Morgan fingerprint density at radius 2 is 1.68 bits per heavy atom. The zero-order valence-electron chi connectivity index (χ0n) is 10.3. The minimum Gasteiger partial charge on any atom is -0.326 e. The molecule has 4 nitrogen and oxygen atoms in total. The number of fused-ring (bicyclic) bond motifs is 1. The highest BCUT2D eigenvalue weighted by molar-refractivity contribution is 5.93. The Labute approximate surface area is 109 Å². The third kappa shape index (κ3) is 2.02. The van der Waals surface area contributed by atoms with Crippen LogP contribution in [0.2, 0.25) is 0 Å². The van der Waals surface area contributed by atoms with Crippen molar-refractivity contribution in [3.8, 4) is 11.3 Å². The summed E-state index contributed by atoms with van der Waals surface area (Å²) in [6.45, 7) is 0.514. The van der Waals surface area contributed by atoms with Gasteiger partial charge < -0.3 is 5.73 Å². The molecule has 0 atom stereocenters. The standard InChI is InChI=1S/C15H13N3O/c16-9-10-5-7-11(8-6-10)14-12-3-1-2-4-13(12)15(19)18-17-14/h1-8H,9,16H2,(H,18,19). The molecule has 0 amide bonds. The largest absolute Gasteiger partial charge is 0.326 e. The van der Waals surface area contributed by atoms with Gasteiger partial charge in [-0.05, 0) is 11.6 Å². The van der Waals surface area contributed by atoms with Crippen LogP contribution in [-0.2, 0) is 6.54 Å². The van der Waals surface area contributed by atoms with Gasteiger partial charge in [0.15, 0.2) is 0 Å². The quantitative estimate of drug-likeness (QED) is 0.732. The molecule has 1 heterocycles. The van der Waals surface area contributed by atoms with Gasteiger partial charge in [-0.15, -0.1) is 0 Å². The average molecular weight is 251 g/mol. The van der Waals surface area contributed by atoms with E-state index in [1.807, 2.05) is 42.5 Å². The molecule has 3 N–H and O–H groups in total. The summed E-state index contributed by atoms with van der Waals surface area (Å²) in [5.74, 6) is 0. The number of rotatable bonds is 2. The van der Waals surface area contributed by atoms with E-state index < -0.39 is 0 Å². The van der Waals surface area contributed by atoms with Crippen LogP contribution in [0.4, 0.5) is 0 Å². The molecule has 0 saturated carbocycles. The summed E-state index contributed by atoms with van der Waals surface area (Å²) in [5.41, 5.74) is 8.22. The predicted molar refractivity (Wildman–Crippen MR) is 75.7 cm³/mol. The molecule has 3 rings (SSSR count). The van der Waals surface area contributed by atoms with Gasteiger partial charge in [0.1, 0.15) is 0 Å². The number of benzene rings is 2. The molecule has 0 aliphatic carbocycles. The number of nitrogens with one attached hydrogen (secondary N) is 1. The maximum Gasteiger partial charge on any atom is 0.272 e. The van der Waals surface area contributed by atoms with Crippen LogP contribution in [0.15, 0.2) is 53.3 Å². The topological polar surface area (TPSA) is 71.8 Å². The Morgan fingerprint density at radius 3 is 2.37 bits per heavy atom. The number of nitrogens with zero attached hydrogens (tertiary/aromatic N) is 1. The van der Waals surface area contributed by atoms with E-state index in [1.54, 1.807) is 6.07 Å². The molecule has 0 aliphatic heterocycles. The normalized spacial score (nSPS) is 10.8. The van der Waals surface area contributed by atoms with Crippen LogP contribution in [-0.4, -0.2) is 10.2 Å². The number of hydrogen-bond acceptors (Lipinski definition) is 3. The molecule has 0 unspecified atom stereocenters. The molecule has 0 spiro atoms. The van der Waals surface area contributed by atoms with E-state index in [2.05, 4.69) is 10.2 Å². The second-order valence-electron chi connectivity index (χ2n) is 4.35. The SMILES string of the molecule is NCc1ccc(-c2n[nH]c(=O)c3ccccc23)cc1. The van der Waals surface area contributed by atoms with Crippen molar-refractivity contribution in [2.45, 2.75) is 6.54 Å². The summed E-state index contributed by atoms with van der Waals surface area (Å²) >= 11 is 0. The minimum atomic E-state index is -0.169. The fourth-order valence-corrected chi connectivity index (χ4v) is 2.13. The molecule has 94 valence electrons. The van der Waals surface area contributed by atoms with Crippen LogP contribution >= 0.6 is 0 Å². The van der Waals surface area contributed by atoms with E-state index in [-0.39, 0.29) is 5.56 Å². The fourth-order valence-electron chi connectivity index (χ4n) is 2.13. The first-order valence-corrected chi connectivity index (χ1v) is 6.06. The highest BCUT2D eigenvalue weighted by atomic mass is 16.1. The van der Waals surface area contributed by atoms with Crippen LogP contribution in [0.5, 0.6) is 0 Å². The summed E-state index contributed by atoms with van der Waals surface area (Å²) in [6, 6.07) is 15.3. The van der Waals surface area contributed by atoms with Crippen LogP contribution < -0.4 is 11.3 Å². The summed E-state index contributed by atoms with van der Waals surface area (Å²) in [7, 11) is 0. The van der Waals surface area contributed by atoms with E-state index in [1.165, 1.54) is 0 Å². The van der Waals surface area contributed by atoms with Crippen molar-refractivity contribution in [2.24, 2.45) is 5.73 Å². The number of H-pyrrole nitrogens is 1. The highest BCUT2D eigenvalue weighted by Gasteiger charge is 2.07. The van der Waals surface area contributed by atoms with E-state index in [4.69, 9.17) is 5.73 Å². The van der Waals surface area contributed by atoms with Crippen molar-refractivity contribution in [3.05, 3.63) is 64.4 Å². The Morgan fingerprint density at radius 1 is 1.00 bits per heavy atom. The Hall–Kier alpha value is -2.46. The van der Waals surface area contributed by atoms with Crippen LogP contribution in [0.25, 0.3) is 22.0 Å². The second-order valence-corrected chi connectivity index (χ2v) is 4.35. The number of nitrogens with two attached hydrogens (primary N) is 1. The third-order valence-electron chi connectivity index (χ3n) is 3.16. The lowest BCUT2D eigenvalue weighted by Gasteiger charge is -2.05. The smallest absolute Gasteiger partial charge is 0.272 e. The molecule has 19 heavy (non-hydrogen) atoms. The molecule has 0 fully saturated rings. The first-order chi connectivity index (χ1) is 9.29. The van der Waals surface area contributed by atoms with Gasteiger partial charge >= 0.3 is 0 Å². The van der Waals surface area contributed by atoms with Gasteiger partial charge in [0, 0.05) is 17.5 Å². The summed E-state index contributed by atoms with van der Waals surface area (Å²) in [4.78, 5) is 11.7. The van der Waals surface area contributed by atoms with Gasteiger partial charge in [0.2, 0.25) is 0 Å². The molecule has 0 bridgehead atoms. The van der Waals surface area contributed by atoms with E-state index in [0.29, 0.717) is 11.9 Å². The van der Waals surface area contributed by atoms with Gasteiger partial charge in [-0.1, -0.05) is 42.5 Å². The van der Waals surface area contributed by atoms with Crippen LogP contribution in [0, 0.1) is 0 Å². The molecule has 0 radical (unpaired) electrons. The maximum absolute atomic E-state index is 11.7. The van der Waals surface area contributed by atoms with Gasteiger partial charge in [0.25, 0.3) is 5.56 Å². The summed E-state index contributed by atoms with van der Waals surface area (Å²) in [6.07, 6.45) is 0. The molecule has 1 aromatic heterocycles. The Bertz CT molecular complexity index is 775. The van der Waals surface area contributed by atoms with Gasteiger partial charge in [-0.25, -0.2) is 5.10 Å². The second kappa shape index (κ2) is 4.66. The Kier molecular flexibility index (Phi) is 2.85. The van der Waals surface area contributed by atoms with Crippen LogP contribution in [0.3, 0.4) is 0 Å². The van der Waals surface area contributed by atoms with Crippen molar-refractivity contribution in [1.29, 1.82) is 0 Å². The number of aromatic amines is 1. The lowest BCUT2D eigenvalue weighted by atomic mass is 10.0. The zero-order valence-corrected chi connectivity index (χ0v) is 10.3. The number of hydrogen-bond donors (Lipinski definition) is 2. The lowest BCUT2D eigenvalue weighted by molar-refractivity contribution is 1.02. The molecule has 0 aliphatic rings. The molecular formula is C15H13N3O. The average Bonchev–Trinajstić information content (AvgIpc) is 2.48. The van der Waals surface area contributed by atoms with E-state index >= 15 is 0 Å². The maximum atomic E-state index is 11.7. The van der Waals surface area contributed by atoms with E-state index in [0.717, 1.165) is 22.2 Å². The first-order valence-electron chi connectivity index (χ1n) is 6.06. The summed E-state index contributed by atoms with van der Waals surface area (Å²) < 4.78 is 0. The highest BCUT2D eigenvalue weighted by Crippen LogP contribution is 2.24. The van der Waals surface area contributed by atoms with Crippen molar-refractivity contribution in [2.75, 3.05) is 0 Å². The van der Waals surface area contributed by atoms with Crippen molar-refractivity contribution in [1.82, 2.24) is 10.2 Å². The van der Waals surface area contributed by atoms with Gasteiger partial charge in [-0.3, -0.25) is 4.79 Å². The molecule has 2 aromatic carbocycles. The number of aromatic nitrogens is 2. The minimum absolute atomic E-state index is 0.169. The van der Waals surface area contributed by atoms with Gasteiger partial charge in [0.05, 0.1) is 11.1 Å². The molecule has 4 heteroatoms. The first kappa shape index (κ1) is 11.6. The van der Waals surface area contributed by atoms with Crippen molar-refractivity contribution >= 4 is 10.8 Å². The molecule has 0 saturated heterocycles. The monoisotopic (exact) mass is 251 g/mol. The predicted octanol–water partition coefficient (Wildman–Crippen LogP) is 2.05. The summed E-state index contributed by atoms with van der Waals surface area (Å²) in [5, 5.41) is 8.21. The van der Waals surface area contributed by atoms with E-state index in [9.17, 15) is 4.79 Å².